The van der Waals surface area contributed by atoms with Crippen molar-refractivity contribution in [2.75, 3.05) is 31.6 Å². The van der Waals surface area contributed by atoms with Crippen molar-refractivity contribution in [3.8, 4) is 10.6 Å². The van der Waals surface area contributed by atoms with Gasteiger partial charge in [0.05, 0.1) is 18.9 Å². The van der Waals surface area contributed by atoms with Crippen LogP contribution in [0.2, 0.25) is 0 Å². The molecule has 0 amide bonds. The third-order valence-corrected chi connectivity index (χ3v) is 4.48. The van der Waals surface area contributed by atoms with Gasteiger partial charge in [0, 0.05) is 36.3 Å². The fourth-order valence-corrected chi connectivity index (χ4v) is 3.27. The summed E-state index contributed by atoms with van der Waals surface area (Å²) in [7, 11) is 0. The molecule has 2 heterocycles. The maximum absolute atomic E-state index is 5.46. The molecule has 0 spiro atoms. The molecule has 0 atom stereocenters. The van der Waals surface area contributed by atoms with Crippen LogP contribution in [0.4, 0.5) is 5.69 Å². The summed E-state index contributed by atoms with van der Waals surface area (Å²) in [6, 6.07) is 7.96. The van der Waals surface area contributed by atoms with Crippen LogP contribution in [0, 0.1) is 0 Å². The second kappa shape index (κ2) is 7.15. The fraction of sp³-hybridized carbons (Fsp3) is 0.333. The number of morpholine rings is 1. The number of benzene rings is 1. The van der Waals surface area contributed by atoms with Gasteiger partial charge in [-0.15, -0.1) is 11.3 Å². The summed E-state index contributed by atoms with van der Waals surface area (Å²) in [4.78, 5) is 7.10. The molecule has 0 saturated carbocycles. The van der Waals surface area contributed by atoms with Gasteiger partial charge in [-0.2, -0.15) is 0 Å². The number of thiazole rings is 1. The van der Waals surface area contributed by atoms with Crippen molar-refractivity contribution in [3.63, 3.8) is 0 Å². The molecule has 3 N–H and O–H groups in total. The van der Waals surface area contributed by atoms with Gasteiger partial charge in [0.15, 0.2) is 5.11 Å². The normalized spacial score (nSPS) is 15.6. The van der Waals surface area contributed by atoms with E-state index in [2.05, 4.69) is 15.6 Å². The number of anilines is 1. The van der Waals surface area contributed by atoms with Crippen molar-refractivity contribution in [3.05, 3.63) is 35.3 Å². The van der Waals surface area contributed by atoms with E-state index in [0.29, 0.717) is 0 Å². The Morgan fingerprint density at radius 3 is 2.73 bits per heavy atom. The van der Waals surface area contributed by atoms with Gasteiger partial charge in [-0.1, -0.05) is 0 Å². The Kier molecular flexibility index (Phi) is 4.99. The lowest BCUT2D eigenvalue weighted by molar-refractivity contribution is 0.0337. The Morgan fingerprint density at radius 2 is 2.05 bits per heavy atom. The zero-order chi connectivity index (χ0) is 15.4. The molecule has 5 nitrogen and oxygen atoms in total. The Labute approximate surface area is 139 Å². The first-order chi connectivity index (χ1) is 10.7. The maximum atomic E-state index is 5.46. The fourth-order valence-electron chi connectivity index (χ4n) is 2.34. The van der Waals surface area contributed by atoms with Crippen molar-refractivity contribution in [1.82, 2.24) is 9.88 Å². The van der Waals surface area contributed by atoms with E-state index >= 15 is 0 Å². The van der Waals surface area contributed by atoms with Gasteiger partial charge in [0.1, 0.15) is 5.01 Å². The minimum absolute atomic E-state index is 0.273. The number of nitrogens with zero attached hydrogens (tertiary/aromatic N) is 2. The molecular weight excluding hydrogens is 316 g/mol. The number of ether oxygens (including phenoxy) is 1. The Balaban J connectivity index is 1.66. The van der Waals surface area contributed by atoms with Crippen LogP contribution in [0.25, 0.3) is 10.6 Å². The predicted molar refractivity (Wildman–Crippen MR) is 94.1 cm³/mol. The quantitative estimate of drug-likeness (QED) is 0.837. The Hall–Kier alpha value is -1.54. The van der Waals surface area contributed by atoms with Gasteiger partial charge in [0.25, 0.3) is 0 Å². The van der Waals surface area contributed by atoms with E-state index in [-0.39, 0.29) is 5.11 Å². The second-order valence-electron chi connectivity index (χ2n) is 5.10. The van der Waals surface area contributed by atoms with Crippen molar-refractivity contribution in [1.29, 1.82) is 0 Å². The molecule has 3 rings (SSSR count). The number of thiocarbonyl (C=S) groups is 1. The summed E-state index contributed by atoms with van der Waals surface area (Å²) in [6.45, 7) is 4.47. The van der Waals surface area contributed by atoms with E-state index in [1.807, 2.05) is 24.3 Å². The zero-order valence-corrected chi connectivity index (χ0v) is 13.8. The summed E-state index contributed by atoms with van der Waals surface area (Å²) in [5.74, 6) is 0. The van der Waals surface area contributed by atoms with Crippen LogP contribution in [0.1, 0.15) is 5.69 Å². The molecule has 1 aliphatic heterocycles. The van der Waals surface area contributed by atoms with E-state index in [1.165, 1.54) is 0 Å². The monoisotopic (exact) mass is 334 g/mol. The van der Waals surface area contributed by atoms with E-state index in [1.54, 1.807) is 11.3 Å². The molecule has 1 aromatic heterocycles. The van der Waals surface area contributed by atoms with Crippen LogP contribution in [0.15, 0.2) is 29.6 Å². The number of nitrogens with one attached hydrogen (secondary N) is 1. The van der Waals surface area contributed by atoms with Gasteiger partial charge in [-0.3, -0.25) is 4.90 Å². The molecule has 0 radical (unpaired) electrons. The lowest BCUT2D eigenvalue weighted by Crippen LogP contribution is -2.35. The Bertz CT molecular complexity index is 635. The summed E-state index contributed by atoms with van der Waals surface area (Å²) in [6.07, 6.45) is 0. The minimum Gasteiger partial charge on any atom is -0.379 e. The largest absolute Gasteiger partial charge is 0.379 e. The molecule has 1 saturated heterocycles. The molecule has 1 aliphatic rings. The molecule has 22 heavy (non-hydrogen) atoms. The molecular formula is C15H18N4OS2. The van der Waals surface area contributed by atoms with Gasteiger partial charge in [-0.05, 0) is 36.5 Å². The van der Waals surface area contributed by atoms with Crippen LogP contribution in [-0.4, -0.2) is 41.3 Å². The lowest BCUT2D eigenvalue weighted by Gasteiger charge is -2.25. The smallest absolute Gasteiger partial charge is 0.168 e. The standard InChI is InChI=1S/C15H18N4OS2/c16-15(21)18-12-3-1-11(2-4-12)14-17-13(10-22-14)9-19-5-7-20-8-6-19/h1-4,10H,5-9H2,(H3,16,18,21). The minimum atomic E-state index is 0.273. The van der Waals surface area contributed by atoms with E-state index in [0.717, 1.165) is 54.8 Å². The first-order valence-corrected chi connectivity index (χ1v) is 8.41. The number of hydrogen-bond acceptors (Lipinski definition) is 5. The van der Waals surface area contributed by atoms with Crippen molar-refractivity contribution in [2.24, 2.45) is 5.73 Å². The van der Waals surface area contributed by atoms with Gasteiger partial charge in [-0.25, -0.2) is 4.98 Å². The van der Waals surface area contributed by atoms with Crippen LogP contribution in [-0.2, 0) is 11.3 Å². The SMILES string of the molecule is NC(=S)Nc1ccc(-c2nc(CN3CCOCC3)cs2)cc1. The van der Waals surface area contributed by atoms with Gasteiger partial charge in [0.2, 0.25) is 0 Å². The van der Waals surface area contributed by atoms with Gasteiger partial charge < -0.3 is 15.8 Å². The third kappa shape index (κ3) is 4.01. The average molecular weight is 334 g/mol. The number of hydrogen-bond donors (Lipinski definition) is 2. The average Bonchev–Trinajstić information content (AvgIpc) is 2.97. The first-order valence-electron chi connectivity index (χ1n) is 7.12. The maximum Gasteiger partial charge on any atom is 0.168 e. The van der Waals surface area contributed by atoms with Crippen LogP contribution in [0.5, 0.6) is 0 Å². The number of aromatic nitrogens is 1. The number of rotatable bonds is 4. The molecule has 2 aromatic rings. The van der Waals surface area contributed by atoms with Crippen molar-refractivity contribution < 1.29 is 4.74 Å². The molecule has 116 valence electrons. The third-order valence-electron chi connectivity index (χ3n) is 3.44. The highest BCUT2D eigenvalue weighted by atomic mass is 32.1. The van der Waals surface area contributed by atoms with E-state index < -0.39 is 0 Å². The molecule has 0 unspecified atom stereocenters. The highest BCUT2D eigenvalue weighted by Gasteiger charge is 2.13. The van der Waals surface area contributed by atoms with Crippen LogP contribution >= 0.6 is 23.6 Å². The van der Waals surface area contributed by atoms with E-state index in [4.69, 9.17) is 27.7 Å². The first kappa shape index (κ1) is 15.4. The summed E-state index contributed by atoms with van der Waals surface area (Å²) >= 11 is 6.50. The highest BCUT2D eigenvalue weighted by Crippen LogP contribution is 2.25. The highest BCUT2D eigenvalue weighted by molar-refractivity contribution is 7.80. The van der Waals surface area contributed by atoms with Crippen molar-refractivity contribution in [2.45, 2.75) is 6.54 Å². The molecule has 0 bridgehead atoms. The molecule has 1 fully saturated rings. The zero-order valence-electron chi connectivity index (χ0n) is 12.1. The van der Waals surface area contributed by atoms with Crippen LogP contribution < -0.4 is 11.1 Å². The molecule has 1 aromatic carbocycles. The molecule has 7 heteroatoms. The number of nitrogens with two attached hydrogens (primary N) is 1. The Morgan fingerprint density at radius 1 is 1.32 bits per heavy atom. The van der Waals surface area contributed by atoms with Gasteiger partial charge >= 0.3 is 0 Å². The second-order valence-corrected chi connectivity index (χ2v) is 6.40. The summed E-state index contributed by atoms with van der Waals surface area (Å²) in [5.41, 5.74) is 8.57. The van der Waals surface area contributed by atoms with E-state index in [9.17, 15) is 0 Å². The van der Waals surface area contributed by atoms with Crippen LogP contribution in [0.3, 0.4) is 0 Å². The lowest BCUT2D eigenvalue weighted by atomic mass is 10.2. The summed E-state index contributed by atoms with van der Waals surface area (Å²) in [5, 5.41) is 6.35. The summed E-state index contributed by atoms with van der Waals surface area (Å²) < 4.78 is 5.37. The van der Waals surface area contributed by atoms with Crippen molar-refractivity contribution >= 4 is 34.4 Å². The topological polar surface area (TPSA) is 63.4 Å². The molecule has 0 aliphatic carbocycles. The predicted octanol–water partition coefficient (Wildman–Crippen LogP) is 2.30.